The third-order valence-corrected chi connectivity index (χ3v) is 5.67. The maximum absolute atomic E-state index is 12.5. The van der Waals surface area contributed by atoms with Crippen molar-refractivity contribution in [3.8, 4) is 0 Å². The first kappa shape index (κ1) is 17.3. The lowest BCUT2D eigenvalue weighted by Gasteiger charge is -2.18. The average molecular weight is 358 g/mol. The van der Waals surface area contributed by atoms with Gasteiger partial charge in [-0.3, -0.25) is 0 Å². The number of nitrogens with one attached hydrogen (secondary N) is 1. The molecule has 0 aromatic heterocycles. The molecule has 0 aliphatic heterocycles. The van der Waals surface area contributed by atoms with Crippen molar-refractivity contribution < 1.29 is 8.42 Å². The van der Waals surface area contributed by atoms with Crippen LogP contribution in [0.1, 0.15) is 29.7 Å². The van der Waals surface area contributed by atoms with Gasteiger partial charge in [0.2, 0.25) is 10.0 Å². The highest BCUT2D eigenvalue weighted by atomic mass is 35.5. The molecular formula is C16H17Cl2NO2S. The quantitative estimate of drug-likeness (QED) is 0.865. The number of halogens is 2. The van der Waals surface area contributed by atoms with Gasteiger partial charge in [-0.15, -0.1) is 0 Å². The number of rotatable bonds is 4. The smallest absolute Gasteiger partial charge is 0.207 e. The molecule has 0 radical (unpaired) electrons. The van der Waals surface area contributed by atoms with Crippen LogP contribution in [0, 0.1) is 13.8 Å². The molecule has 0 saturated carbocycles. The highest BCUT2D eigenvalue weighted by molar-refractivity contribution is 7.89. The largest absolute Gasteiger partial charge is 0.242 e. The zero-order valence-corrected chi connectivity index (χ0v) is 14.9. The predicted molar refractivity (Wildman–Crippen MR) is 91.1 cm³/mol. The first-order valence-corrected chi connectivity index (χ1v) is 8.99. The zero-order chi connectivity index (χ0) is 16.5. The van der Waals surface area contributed by atoms with Crippen LogP contribution in [0.25, 0.3) is 0 Å². The summed E-state index contributed by atoms with van der Waals surface area (Å²) in [5.74, 6) is 0. The van der Waals surface area contributed by atoms with E-state index in [9.17, 15) is 8.42 Å². The van der Waals surface area contributed by atoms with Gasteiger partial charge in [0.25, 0.3) is 0 Å². The lowest BCUT2D eigenvalue weighted by molar-refractivity contribution is 0.566. The third kappa shape index (κ3) is 3.82. The molecule has 0 unspecified atom stereocenters. The summed E-state index contributed by atoms with van der Waals surface area (Å²) in [5.41, 5.74) is 3.03. The highest BCUT2D eigenvalue weighted by Gasteiger charge is 2.22. The molecule has 1 N–H and O–H groups in total. The van der Waals surface area contributed by atoms with Crippen LogP contribution in [0.3, 0.4) is 0 Å². The van der Waals surface area contributed by atoms with Gasteiger partial charge in [0.05, 0.1) is 5.02 Å². The van der Waals surface area contributed by atoms with Gasteiger partial charge in [-0.05, 0) is 50.1 Å². The van der Waals surface area contributed by atoms with Crippen LogP contribution in [-0.4, -0.2) is 8.42 Å². The number of benzene rings is 2. The zero-order valence-electron chi connectivity index (χ0n) is 12.5. The third-order valence-electron chi connectivity index (χ3n) is 3.42. The van der Waals surface area contributed by atoms with Crippen LogP contribution in [-0.2, 0) is 10.0 Å². The fourth-order valence-corrected chi connectivity index (χ4v) is 4.25. The van der Waals surface area contributed by atoms with Crippen LogP contribution >= 0.6 is 23.2 Å². The second kappa shape index (κ2) is 6.59. The summed E-state index contributed by atoms with van der Waals surface area (Å²) in [6.07, 6.45) is 0. The Morgan fingerprint density at radius 1 is 1.05 bits per heavy atom. The Morgan fingerprint density at radius 2 is 1.73 bits per heavy atom. The van der Waals surface area contributed by atoms with Gasteiger partial charge >= 0.3 is 0 Å². The Bertz CT molecular complexity index is 804. The molecule has 0 bridgehead atoms. The van der Waals surface area contributed by atoms with Gasteiger partial charge in [-0.2, -0.15) is 0 Å². The average Bonchev–Trinajstić information content (AvgIpc) is 2.43. The molecule has 2 aromatic carbocycles. The summed E-state index contributed by atoms with van der Waals surface area (Å²) >= 11 is 11.9. The number of hydrogen-bond donors (Lipinski definition) is 1. The lowest BCUT2D eigenvalue weighted by atomic mass is 10.0. The van der Waals surface area contributed by atoms with E-state index in [1.165, 1.54) is 12.1 Å². The Morgan fingerprint density at radius 3 is 2.41 bits per heavy atom. The molecule has 2 aromatic rings. The summed E-state index contributed by atoms with van der Waals surface area (Å²) in [7, 11) is -3.76. The Balaban J connectivity index is 2.36. The molecule has 6 heteroatoms. The van der Waals surface area contributed by atoms with Crippen molar-refractivity contribution in [2.24, 2.45) is 0 Å². The van der Waals surface area contributed by atoms with E-state index in [0.717, 1.165) is 16.7 Å². The topological polar surface area (TPSA) is 46.2 Å². The van der Waals surface area contributed by atoms with Crippen molar-refractivity contribution in [2.45, 2.75) is 31.7 Å². The Hall–Kier alpha value is -1.07. The summed E-state index contributed by atoms with van der Waals surface area (Å²) in [4.78, 5) is -0.0150. The first-order valence-electron chi connectivity index (χ1n) is 6.75. The minimum absolute atomic E-state index is 0.0150. The molecule has 22 heavy (non-hydrogen) atoms. The van der Waals surface area contributed by atoms with Crippen molar-refractivity contribution in [3.63, 3.8) is 0 Å². The number of sulfonamides is 1. The SMILES string of the molecule is Cc1ccc(C)c([C@@H](C)NS(=O)(=O)c2cc(Cl)ccc2Cl)c1. The molecule has 1 atom stereocenters. The van der Waals surface area contributed by atoms with Crippen molar-refractivity contribution in [1.82, 2.24) is 4.72 Å². The fourth-order valence-electron chi connectivity index (χ4n) is 2.27. The highest BCUT2D eigenvalue weighted by Crippen LogP contribution is 2.27. The molecule has 3 nitrogen and oxygen atoms in total. The van der Waals surface area contributed by atoms with Crippen LogP contribution < -0.4 is 4.72 Å². The molecule has 0 aliphatic rings. The van der Waals surface area contributed by atoms with Crippen LogP contribution in [0.5, 0.6) is 0 Å². The normalized spacial score (nSPS) is 13.1. The van der Waals surface area contributed by atoms with Gasteiger partial charge in [0.1, 0.15) is 4.90 Å². The molecule has 0 fully saturated rings. The van der Waals surface area contributed by atoms with E-state index < -0.39 is 10.0 Å². The summed E-state index contributed by atoms with van der Waals surface area (Å²) in [6.45, 7) is 5.72. The van der Waals surface area contributed by atoms with E-state index in [1.54, 1.807) is 13.0 Å². The van der Waals surface area contributed by atoms with Crippen molar-refractivity contribution in [2.75, 3.05) is 0 Å². The number of aryl methyl sites for hydroxylation is 2. The second-order valence-corrected chi connectivity index (χ2v) is 7.80. The van der Waals surface area contributed by atoms with Crippen molar-refractivity contribution >= 4 is 33.2 Å². The van der Waals surface area contributed by atoms with Crippen molar-refractivity contribution in [1.29, 1.82) is 0 Å². The maximum atomic E-state index is 12.5. The van der Waals surface area contributed by atoms with Gasteiger partial charge in [-0.1, -0.05) is 47.0 Å². The molecule has 0 aliphatic carbocycles. The van der Waals surface area contributed by atoms with E-state index in [1.807, 2.05) is 32.0 Å². The van der Waals surface area contributed by atoms with Gasteiger partial charge < -0.3 is 0 Å². The van der Waals surface area contributed by atoms with Gasteiger partial charge in [0, 0.05) is 11.1 Å². The molecule has 2 rings (SSSR count). The molecular weight excluding hydrogens is 341 g/mol. The second-order valence-electron chi connectivity index (χ2n) is 5.28. The van der Waals surface area contributed by atoms with E-state index in [0.29, 0.717) is 5.02 Å². The van der Waals surface area contributed by atoms with Crippen LogP contribution in [0.2, 0.25) is 10.0 Å². The maximum Gasteiger partial charge on any atom is 0.242 e. The fraction of sp³-hybridized carbons (Fsp3) is 0.250. The lowest BCUT2D eigenvalue weighted by Crippen LogP contribution is -2.27. The minimum Gasteiger partial charge on any atom is -0.207 e. The van der Waals surface area contributed by atoms with E-state index in [-0.39, 0.29) is 16.0 Å². The summed E-state index contributed by atoms with van der Waals surface area (Å²) in [5, 5.41) is 0.467. The minimum atomic E-state index is -3.76. The standard InChI is InChI=1S/C16H17Cl2NO2S/c1-10-4-5-11(2)14(8-10)12(3)19-22(20,21)16-9-13(17)6-7-15(16)18/h4-9,12,19H,1-3H3/t12-/m1/s1. The predicted octanol–water partition coefficient (Wildman–Crippen LogP) is 4.65. The van der Waals surface area contributed by atoms with Gasteiger partial charge in [-0.25, -0.2) is 13.1 Å². The van der Waals surface area contributed by atoms with E-state index in [4.69, 9.17) is 23.2 Å². The van der Waals surface area contributed by atoms with Crippen LogP contribution in [0.4, 0.5) is 0 Å². The van der Waals surface area contributed by atoms with Gasteiger partial charge in [0.15, 0.2) is 0 Å². The molecule has 0 heterocycles. The van der Waals surface area contributed by atoms with E-state index >= 15 is 0 Å². The molecule has 118 valence electrons. The monoisotopic (exact) mass is 357 g/mol. The summed E-state index contributed by atoms with van der Waals surface area (Å²) < 4.78 is 27.7. The Kier molecular flexibility index (Phi) is 5.17. The molecule has 0 saturated heterocycles. The summed E-state index contributed by atoms with van der Waals surface area (Å²) in [6, 6.07) is 9.94. The van der Waals surface area contributed by atoms with E-state index in [2.05, 4.69) is 4.72 Å². The Labute approximate surface area is 141 Å². The molecule has 0 amide bonds. The molecule has 0 spiro atoms. The first-order chi connectivity index (χ1) is 10.2. The number of hydrogen-bond acceptors (Lipinski definition) is 2. The van der Waals surface area contributed by atoms with Crippen molar-refractivity contribution in [3.05, 3.63) is 63.1 Å². The van der Waals surface area contributed by atoms with Crippen LogP contribution in [0.15, 0.2) is 41.3 Å².